The molecule has 0 radical (unpaired) electrons. The zero-order valence-corrected chi connectivity index (χ0v) is 12.9. The summed E-state index contributed by atoms with van der Waals surface area (Å²) in [5.41, 5.74) is 12.1. The Morgan fingerprint density at radius 2 is 1.90 bits per heavy atom. The minimum atomic E-state index is 0.339. The van der Waals surface area contributed by atoms with Gasteiger partial charge >= 0.3 is 0 Å². The molecule has 1 atom stereocenters. The lowest BCUT2D eigenvalue weighted by molar-refractivity contribution is 0.740. The average molecular weight is 306 g/mol. The molecule has 0 saturated carbocycles. The maximum Gasteiger partial charge on any atom is 0.0673 e. The van der Waals surface area contributed by atoms with Gasteiger partial charge in [0.1, 0.15) is 0 Å². The van der Waals surface area contributed by atoms with Crippen molar-refractivity contribution in [2.45, 2.75) is 25.7 Å². The summed E-state index contributed by atoms with van der Waals surface area (Å²) in [7, 11) is 0. The van der Waals surface area contributed by atoms with Gasteiger partial charge < -0.3 is 5.73 Å². The number of fused-ring (bicyclic) bond motifs is 3. The number of hydrogen-bond donors (Lipinski definition) is 1. The molecular formula is C17H17Cl2N. The molecule has 3 heteroatoms. The molecular weight excluding hydrogens is 289 g/mol. The van der Waals surface area contributed by atoms with Crippen LogP contribution in [0.15, 0.2) is 30.3 Å². The zero-order chi connectivity index (χ0) is 14.3. The van der Waals surface area contributed by atoms with Crippen LogP contribution in [0.3, 0.4) is 0 Å². The van der Waals surface area contributed by atoms with E-state index in [0.29, 0.717) is 22.5 Å². The van der Waals surface area contributed by atoms with Crippen LogP contribution in [-0.2, 0) is 6.42 Å². The molecule has 1 aliphatic rings. The van der Waals surface area contributed by atoms with Crippen LogP contribution >= 0.6 is 23.2 Å². The second-order valence-electron chi connectivity index (χ2n) is 5.23. The van der Waals surface area contributed by atoms with Gasteiger partial charge in [-0.05, 0) is 47.7 Å². The molecule has 2 aromatic rings. The fourth-order valence-electron chi connectivity index (χ4n) is 3.12. The Balaban J connectivity index is 2.25. The van der Waals surface area contributed by atoms with Crippen molar-refractivity contribution in [2.24, 2.45) is 5.73 Å². The summed E-state index contributed by atoms with van der Waals surface area (Å²) in [5.74, 6) is 0.339. The molecule has 0 aromatic heterocycles. The van der Waals surface area contributed by atoms with Gasteiger partial charge in [0.25, 0.3) is 0 Å². The lowest BCUT2D eigenvalue weighted by Crippen LogP contribution is -2.06. The number of benzene rings is 2. The van der Waals surface area contributed by atoms with Gasteiger partial charge in [-0.2, -0.15) is 0 Å². The number of nitrogens with two attached hydrogens (primary N) is 1. The molecule has 104 valence electrons. The van der Waals surface area contributed by atoms with Crippen molar-refractivity contribution in [2.75, 3.05) is 6.54 Å². The van der Waals surface area contributed by atoms with E-state index in [9.17, 15) is 0 Å². The van der Waals surface area contributed by atoms with Gasteiger partial charge in [-0.3, -0.25) is 0 Å². The second-order valence-corrected chi connectivity index (χ2v) is 6.02. The van der Waals surface area contributed by atoms with E-state index in [2.05, 4.69) is 31.2 Å². The highest BCUT2D eigenvalue weighted by Gasteiger charge is 2.30. The molecule has 0 bridgehead atoms. The Bertz CT molecular complexity index is 664. The first-order chi connectivity index (χ1) is 9.67. The molecule has 0 spiro atoms. The predicted octanol–water partition coefficient (Wildman–Crippen LogP) is 5.02. The van der Waals surface area contributed by atoms with Crippen LogP contribution in [-0.4, -0.2) is 6.54 Å². The summed E-state index contributed by atoms with van der Waals surface area (Å²) < 4.78 is 0. The van der Waals surface area contributed by atoms with Crippen LogP contribution in [0.2, 0.25) is 10.0 Å². The van der Waals surface area contributed by atoms with Crippen molar-refractivity contribution < 1.29 is 0 Å². The van der Waals surface area contributed by atoms with Crippen LogP contribution in [0.1, 0.15) is 36.0 Å². The zero-order valence-electron chi connectivity index (χ0n) is 11.4. The van der Waals surface area contributed by atoms with Gasteiger partial charge in [-0.1, -0.05) is 54.4 Å². The van der Waals surface area contributed by atoms with E-state index < -0.39 is 0 Å². The first kappa shape index (κ1) is 13.9. The monoisotopic (exact) mass is 305 g/mol. The molecule has 20 heavy (non-hydrogen) atoms. The van der Waals surface area contributed by atoms with E-state index in [-0.39, 0.29) is 0 Å². The summed E-state index contributed by atoms with van der Waals surface area (Å²) in [6.45, 7) is 2.84. The molecule has 0 aliphatic heterocycles. The molecule has 0 saturated heterocycles. The fraction of sp³-hybridized carbons (Fsp3) is 0.294. The van der Waals surface area contributed by atoms with Crippen molar-refractivity contribution in [1.82, 2.24) is 0 Å². The topological polar surface area (TPSA) is 26.0 Å². The first-order valence-electron chi connectivity index (χ1n) is 6.98. The molecule has 0 fully saturated rings. The molecule has 1 unspecified atom stereocenters. The fourth-order valence-corrected chi connectivity index (χ4v) is 3.55. The molecule has 0 heterocycles. The van der Waals surface area contributed by atoms with Crippen molar-refractivity contribution in [3.8, 4) is 11.1 Å². The van der Waals surface area contributed by atoms with Gasteiger partial charge in [0.05, 0.1) is 10.0 Å². The Labute approximate surface area is 129 Å². The summed E-state index contributed by atoms with van der Waals surface area (Å²) in [4.78, 5) is 0. The smallest absolute Gasteiger partial charge is 0.0673 e. The second kappa shape index (κ2) is 5.40. The van der Waals surface area contributed by atoms with E-state index in [1.54, 1.807) is 0 Å². The van der Waals surface area contributed by atoms with Crippen LogP contribution in [0.5, 0.6) is 0 Å². The molecule has 1 aliphatic carbocycles. The quantitative estimate of drug-likeness (QED) is 0.847. The summed E-state index contributed by atoms with van der Waals surface area (Å²) in [6, 6.07) is 10.6. The Hall–Kier alpha value is -1.02. The highest BCUT2D eigenvalue weighted by molar-refractivity contribution is 6.44. The molecule has 2 N–H and O–H groups in total. The van der Waals surface area contributed by atoms with Gasteiger partial charge in [-0.15, -0.1) is 0 Å². The first-order valence-corrected chi connectivity index (χ1v) is 7.74. The Morgan fingerprint density at radius 3 is 2.60 bits per heavy atom. The standard InChI is InChI=1S/C17H17Cl2N/c1-2-10-3-4-13-14(9-10)11(7-8-20)12-5-6-15(18)17(19)16(12)13/h3-6,9,11H,2,7-8,20H2,1H3. The summed E-state index contributed by atoms with van der Waals surface area (Å²) in [5, 5.41) is 1.28. The van der Waals surface area contributed by atoms with Crippen molar-refractivity contribution in [1.29, 1.82) is 0 Å². The van der Waals surface area contributed by atoms with Crippen LogP contribution in [0.4, 0.5) is 0 Å². The highest BCUT2D eigenvalue weighted by atomic mass is 35.5. The minimum absolute atomic E-state index is 0.339. The molecule has 3 rings (SSSR count). The third kappa shape index (κ3) is 2.05. The maximum atomic E-state index is 6.44. The van der Waals surface area contributed by atoms with Gasteiger partial charge in [0.2, 0.25) is 0 Å². The highest BCUT2D eigenvalue weighted by Crippen LogP contribution is 2.51. The SMILES string of the molecule is CCc1ccc2c(c1)C(CCN)c1ccc(Cl)c(Cl)c1-2. The van der Waals surface area contributed by atoms with Crippen molar-refractivity contribution in [3.63, 3.8) is 0 Å². The van der Waals surface area contributed by atoms with E-state index >= 15 is 0 Å². The minimum Gasteiger partial charge on any atom is -0.330 e. The van der Waals surface area contributed by atoms with E-state index in [0.717, 1.165) is 18.4 Å². The predicted molar refractivity (Wildman–Crippen MR) is 86.8 cm³/mol. The Morgan fingerprint density at radius 1 is 1.10 bits per heavy atom. The average Bonchev–Trinajstić information content (AvgIpc) is 2.77. The maximum absolute atomic E-state index is 6.44. The third-order valence-corrected chi connectivity index (χ3v) is 4.93. The van der Waals surface area contributed by atoms with Gasteiger partial charge in [0, 0.05) is 11.5 Å². The van der Waals surface area contributed by atoms with Gasteiger partial charge in [-0.25, -0.2) is 0 Å². The number of halogens is 2. The number of rotatable bonds is 3. The molecule has 0 amide bonds. The normalized spacial score (nSPS) is 16.1. The van der Waals surface area contributed by atoms with E-state index in [1.807, 2.05) is 6.07 Å². The van der Waals surface area contributed by atoms with Gasteiger partial charge in [0.15, 0.2) is 0 Å². The van der Waals surface area contributed by atoms with Crippen LogP contribution < -0.4 is 5.73 Å². The number of hydrogen-bond acceptors (Lipinski definition) is 1. The lowest BCUT2D eigenvalue weighted by Gasteiger charge is -2.13. The summed E-state index contributed by atoms with van der Waals surface area (Å²) >= 11 is 12.6. The van der Waals surface area contributed by atoms with E-state index in [4.69, 9.17) is 28.9 Å². The van der Waals surface area contributed by atoms with Crippen molar-refractivity contribution >= 4 is 23.2 Å². The van der Waals surface area contributed by atoms with Crippen LogP contribution in [0, 0.1) is 0 Å². The van der Waals surface area contributed by atoms with Crippen LogP contribution in [0.25, 0.3) is 11.1 Å². The number of aryl methyl sites for hydroxylation is 1. The largest absolute Gasteiger partial charge is 0.330 e. The molecule has 1 nitrogen and oxygen atoms in total. The summed E-state index contributed by atoms with van der Waals surface area (Å²) in [6.07, 6.45) is 1.97. The van der Waals surface area contributed by atoms with E-state index in [1.165, 1.54) is 22.3 Å². The lowest BCUT2D eigenvalue weighted by atomic mass is 9.92. The van der Waals surface area contributed by atoms with Crippen molar-refractivity contribution in [3.05, 3.63) is 57.1 Å². The Kier molecular flexibility index (Phi) is 3.76. The third-order valence-electron chi connectivity index (χ3n) is 4.13. The molecule has 2 aromatic carbocycles.